The van der Waals surface area contributed by atoms with Gasteiger partial charge in [0.25, 0.3) is 0 Å². The van der Waals surface area contributed by atoms with Crippen molar-refractivity contribution in [3.8, 4) is 0 Å². The molecule has 3 aromatic carbocycles. The van der Waals surface area contributed by atoms with Crippen molar-refractivity contribution in [1.82, 2.24) is 10.2 Å². The molecular formula is C38H52N2. The molecule has 1 saturated carbocycles. The third-order valence-electron chi connectivity index (χ3n) is 8.59. The van der Waals surface area contributed by atoms with E-state index < -0.39 is 0 Å². The van der Waals surface area contributed by atoms with E-state index in [0.29, 0.717) is 11.8 Å². The molecule has 1 aliphatic heterocycles. The Morgan fingerprint density at radius 2 is 1.40 bits per heavy atom. The van der Waals surface area contributed by atoms with E-state index in [1.807, 2.05) is 0 Å². The van der Waals surface area contributed by atoms with Crippen LogP contribution in [-0.2, 0) is 6.42 Å². The summed E-state index contributed by atoms with van der Waals surface area (Å²) >= 11 is 0. The lowest BCUT2D eigenvalue weighted by Gasteiger charge is -2.35. The van der Waals surface area contributed by atoms with E-state index in [9.17, 15) is 0 Å². The number of nitrogens with zero attached hydrogens (tertiary/aromatic N) is 1. The largest absolute Gasteiger partial charge is 0.385 e. The molecule has 2 heteroatoms. The van der Waals surface area contributed by atoms with Gasteiger partial charge in [0.2, 0.25) is 0 Å². The number of likely N-dealkylation sites (tertiary alicyclic amines) is 1. The second kappa shape index (κ2) is 17.1. The maximum absolute atomic E-state index is 4.23. The number of benzene rings is 3. The van der Waals surface area contributed by atoms with Gasteiger partial charge in [-0.2, -0.15) is 0 Å². The lowest BCUT2D eigenvalue weighted by atomic mass is 9.87. The Balaban J connectivity index is 0.000000461. The molecule has 0 spiro atoms. The quantitative estimate of drug-likeness (QED) is 0.260. The fourth-order valence-corrected chi connectivity index (χ4v) is 6.35. The average molecular weight is 537 g/mol. The zero-order valence-electron chi connectivity index (χ0n) is 25.0. The third kappa shape index (κ3) is 9.97. The van der Waals surface area contributed by atoms with E-state index in [-0.39, 0.29) is 0 Å². The van der Waals surface area contributed by atoms with Gasteiger partial charge >= 0.3 is 0 Å². The fraction of sp³-hybridized carbons (Fsp3) is 0.474. The fourth-order valence-electron chi connectivity index (χ4n) is 6.35. The van der Waals surface area contributed by atoms with E-state index in [2.05, 4.69) is 109 Å². The molecule has 2 nitrogen and oxygen atoms in total. The standard InChI is InChI=1S/C31H38N2.C7H14/c1-3-19-32-25(2)30-18-10-12-26(22-30)21-27-13-11-20-33(23-27)24-31(28-14-6-4-7-15-28)29-16-8-5-9-17-29;1-2-4-6-7-5-3-1/h4-10,12,14-18,22,27,31-32H,2-3,11,13,19-21,23-24H2,1H3;1-7H2. The molecule has 0 amide bonds. The van der Waals surface area contributed by atoms with Gasteiger partial charge in [-0.1, -0.05) is 137 Å². The van der Waals surface area contributed by atoms with Crippen molar-refractivity contribution < 1.29 is 0 Å². The zero-order valence-corrected chi connectivity index (χ0v) is 25.0. The van der Waals surface area contributed by atoms with Crippen LogP contribution in [0.5, 0.6) is 0 Å². The Morgan fingerprint density at radius 1 is 0.800 bits per heavy atom. The van der Waals surface area contributed by atoms with Gasteiger partial charge in [-0.3, -0.25) is 0 Å². The number of piperidine rings is 1. The van der Waals surface area contributed by atoms with Crippen molar-refractivity contribution in [2.45, 2.75) is 83.5 Å². The molecule has 0 radical (unpaired) electrons. The second-order valence-corrected chi connectivity index (χ2v) is 11.9. The minimum Gasteiger partial charge on any atom is -0.385 e. The first-order valence-electron chi connectivity index (χ1n) is 16.1. The van der Waals surface area contributed by atoms with Crippen molar-refractivity contribution in [3.63, 3.8) is 0 Å². The first-order valence-corrected chi connectivity index (χ1v) is 16.1. The summed E-state index contributed by atoms with van der Waals surface area (Å²) in [5.41, 5.74) is 6.52. The summed E-state index contributed by atoms with van der Waals surface area (Å²) in [5.74, 6) is 1.13. The smallest absolute Gasteiger partial charge is 0.0340 e. The van der Waals surface area contributed by atoms with Crippen LogP contribution >= 0.6 is 0 Å². The zero-order chi connectivity index (χ0) is 27.8. The van der Waals surface area contributed by atoms with Crippen molar-refractivity contribution in [2.24, 2.45) is 5.92 Å². The van der Waals surface area contributed by atoms with Crippen LogP contribution in [0.2, 0.25) is 0 Å². The van der Waals surface area contributed by atoms with Crippen LogP contribution in [0.25, 0.3) is 5.70 Å². The molecule has 214 valence electrons. The van der Waals surface area contributed by atoms with E-state index in [4.69, 9.17) is 0 Å². The SMILES string of the molecule is C1CCCCCC1.C=C(NCCC)c1cccc(CC2CCCN(CC(c3ccccc3)c3ccccc3)C2)c1. The summed E-state index contributed by atoms with van der Waals surface area (Å²) in [6.07, 6.45) is 15.4. The van der Waals surface area contributed by atoms with Crippen LogP contribution in [0.3, 0.4) is 0 Å². The summed E-state index contributed by atoms with van der Waals surface area (Å²) in [6, 6.07) is 31.0. The normalized spacial score (nSPS) is 17.9. The number of rotatable bonds is 10. The topological polar surface area (TPSA) is 15.3 Å². The highest BCUT2D eigenvalue weighted by Gasteiger charge is 2.24. The minimum absolute atomic E-state index is 0.419. The summed E-state index contributed by atoms with van der Waals surface area (Å²) < 4.78 is 0. The van der Waals surface area contributed by atoms with Gasteiger partial charge in [-0.05, 0) is 66.5 Å². The lowest BCUT2D eigenvalue weighted by molar-refractivity contribution is 0.170. The predicted molar refractivity (Wildman–Crippen MR) is 174 cm³/mol. The Bertz CT molecular complexity index is 1050. The first-order chi connectivity index (χ1) is 19.7. The maximum atomic E-state index is 4.23. The molecule has 0 aromatic heterocycles. The summed E-state index contributed by atoms with van der Waals surface area (Å²) in [7, 11) is 0. The van der Waals surface area contributed by atoms with E-state index in [1.165, 1.54) is 93.1 Å². The van der Waals surface area contributed by atoms with Crippen molar-refractivity contribution in [1.29, 1.82) is 0 Å². The van der Waals surface area contributed by atoms with E-state index in [0.717, 1.165) is 31.6 Å². The van der Waals surface area contributed by atoms with Gasteiger partial charge in [0.05, 0.1) is 0 Å². The predicted octanol–water partition coefficient (Wildman–Crippen LogP) is 9.47. The minimum atomic E-state index is 0.419. The highest BCUT2D eigenvalue weighted by molar-refractivity contribution is 5.62. The highest BCUT2D eigenvalue weighted by atomic mass is 15.1. The summed E-state index contributed by atoms with van der Waals surface area (Å²) in [4.78, 5) is 2.70. The molecule has 3 aromatic rings. The van der Waals surface area contributed by atoms with Crippen LogP contribution in [0.15, 0.2) is 91.5 Å². The van der Waals surface area contributed by atoms with Crippen LogP contribution in [0.1, 0.15) is 99.3 Å². The first kappa shape index (κ1) is 30.1. The van der Waals surface area contributed by atoms with E-state index >= 15 is 0 Å². The molecule has 5 rings (SSSR count). The Labute approximate surface area is 244 Å². The third-order valence-corrected chi connectivity index (χ3v) is 8.59. The molecule has 1 heterocycles. The van der Waals surface area contributed by atoms with Gasteiger partial charge in [0, 0.05) is 31.2 Å². The van der Waals surface area contributed by atoms with Gasteiger partial charge in [0.1, 0.15) is 0 Å². The molecule has 1 unspecified atom stereocenters. The van der Waals surface area contributed by atoms with Crippen LogP contribution in [-0.4, -0.2) is 31.1 Å². The molecule has 2 fully saturated rings. The lowest BCUT2D eigenvalue weighted by Crippen LogP contribution is -2.39. The maximum Gasteiger partial charge on any atom is 0.0340 e. The molecular weight excluding hydrogens is 484 g/mol. The molecule has 0 bridgehead atoms. The van der Waals surface area contributed by atoms with Crippen LogP contribution in [0, 0.1) is 5.92 Å². The highest BCUT2D eigenvalue weighted by Crippen LogP contribution is 2.29. The monoisotopic (exact) mass is 536 g/mol. The number of hydrogen-bond acceptors (Lipinski definition) is 2. The number of nitrogens with one attached hydrogen (secondary N) is 1. The Hall–Kier alpha value is -2.84. The number of hydrogen-bond donors (Lipinski definition) is 1. The van der Waals surface area contributed by atoms with Gasteiger partial charge in [0.15, 0.2) is 0 Å². The van der Waals surface area contributed by atoms with Gasteiger partial charge in [-0.15, -0.1) is 0 Å². The molecule has 1 atom stereocenters. The summed E-state index contributed by atoms with van der Waals surface area (Å²) in [5, 5.41) is 3.44. The Kier molecular flexibility index (Phi) is 12.9. The van der Waals surface area contributed by atoms with Crippen LogP contribution < -0.4 is 5.32 Å². The molecule has 1 saturated heterocycles. The molecule has 2 aliphatic rings. The van der Waals surface area contributed by atoms with Crippen molar-refractivity contribution >= 4 is 5.70 Å². The van der Waals surface area contributed by atoms with Gasteiger partial charge in [-0.25, -0.2) is 0 Å². The van der Waals surface area contributed by atoms with E-state index in [1.54, 1.807) is 0 Å². The van der Waals surface area contributed by atoms with Crippen molar-refractivity contribution in [2.75, 3.05) is 26.2 Å². The molecule has 40 heavy (non-hydrogen) atoms. The van der Waals surface area contributed by atoms with Gasteiger partial charge < -0.3 is 10.2 Å². The second-order valence-electron chi connectivity index (χ2n) is 11.9. The average Bonchev–Trinajstić information content (AvgIpc) is 3.34. The van der Waals surface area contributed by atoms with Crippen molar-refractivity contribution in [3.05, 3.63) is 114 Å². The molecule has 1 N–H and O–H groups in total. The molecule has 1 aliphatic carbocycles. The van der Waals surface area contributed by atoms with Crippen LogP contribution in [0.4, 0.5) is 0 Å². The summed E-state index contributed by atoms with van der Waals surface area (Å²) in [6.45, 7) is 10.9. The Morgan fingerprint density at radius 3 is 1.98 bits per heavy atom.